The van der Waals surface area contributed by atoms with Gasteiger partial charge in [0, 0.05) is 32.0 Å². The van der Waals surface area contributed by atoms with Gasteiger partial charge in [0.05, 0.1) is 4.90 Å². The summed E-state index contributed by atoms with van der Waals surface area (Å²) in [5.41, 5.74) is 2.46. The maximum Gasteiger partial charge on any atom is 0.243 e. The zero-order chi connectivity index (χ0) is 28.5. The maximum absolute atomic E-state index is 13.7. The topological polar surface area (TPSA) is 95.6 Å². The van der Waals surface area contributed by atoms with Gasteiger partial charge in [-0.3, -0.25) is 9.59 Å². The molecule has 1 fully saturated rings. The molecule has 212 valence electrons. The number of sulfonamides is 1. The first-order valence-corrected chi connectivity index (χ1v) is 15.2. The van der Waals surface area contributed by atoms with Crippen LogP contribution >= 0.6 is 0 Å². The molecule has 7 nitrogen and oxygen atoms in total. The number of rotatable bonds is 14. The number of hydrogen-bond donors (Lipinski definition) is 2. The number of benzene rings is 3. The molecule has 2 N–H and O–H groups in total. The molecule has 0 aromatic heterocycles. The Morgan fingerprint density at radius 3 is 2.20 bits per heavy atom. The normalized spacial score (nSPS) is 13.9. The average Bonchev–Trinajstić information content (AvgIpc) is 3.77. The quantitative estimate of drug-likeness (QED) is 0.304. The van der Waals surface area contributed by atoms with E-state index in [1.54, 1.807) is 41.3 Å². The molecular formula is C31H36FN3O4S. The first-order chi connectivity index (χ1) is 19.2. The third-order valence-corrected chi connectivity index (χ3v) is 8.38. The lowest BCUT2D eigenvalue weighted by molar-refractivity contribution is -0.141. The van der Waals surface area contributed by atoms with Crippen molar-refractivity contribution in [2.45, 2.75) is 69.0 Å². The van der Waals surface area contributed by atoms with Gasteiger partial charge >= 0.3 is 0 Å². The number of carbonyl (C=O) groups is 2. The van der Waals surface area contributed by atoms with Crippen molar-refractivity contribution in [3.63, 3.8) is 0 Å². The molecule has 3 aromatic carbocycles. The zero-order valence-corrected chi connectivity index (χ0v) is 23.5. The van der Waals surface area contributed by atoms with Gasteiger partial charge in [-0.05, 0) is 66.6 Å². The van der Waals surface area contributed by atoms with Gasteiger partial charge in [-0.15, -0.1) is 0 Å². The van der Waals surface area contributed by atoms with Crippen LogP contribution in [0, 0.1) is 5.82 Å². The van der Waals surface area contributed by atoms with Crippen molar-refractivity contribution in [1.29, 1.82) is 0 Å². The molecule has 1 aliphatic rings. The second-order valence-electron chi connectivity index (χ2n) is 10.2. The van der Waals surface area contributed by atoms with Crippen LogP contribution in [0.3, 0.4) is 0 Å². The number of amides is 2. The molecule has 1 atom stereocenters. The molecule has 1 unspecified atom stereocenters. The number of hydrogen-bond acceptors (Lipinski definition) is 4. The molecule has 0 aliphatic heterocycles. The molecule has 3 aromatic rings. The predicted octanol–water partition coefficient (Wildman–Crippen LogP) is 4.37. The third kappa shape index (κ3) is 8.47. The molecule has 0 radical (unpaired) electrons. The van der Waals surface area contributed by atoms with E-state index in [0.717, 1.165) is 30.4 Å². The fourth-order valence-electron chi connectivity index (χ4n) is 4.43. The monoisotopic (exact) mass is 565 g/mol. The molecule has 9 heteroatoms. The molecular weight excluding hydrogens is 529 g/mol. The highest BCUT2D eigenvalue weighted by Crippen LogP contribution is 2.23. The smallest absolute Gasteiger partial charge is 0.243 e. The standard InChI is InChI=1S/C31H36FN3O4S/c1-2-20-33-31(37)29(21-24-6-4-3-5-7-24)35(22-25-8-13-26(32)14-9-25)30(36)19-12-23-10-17-28(18-11-23)40(38,39)34-27-15-16-27/h3-11,13-14,17-18,27,29,34H,2,12,15-16,19-22H2,1H3,(H,33,37). The summed E-state index contributed by atoms with van der Waals surface area (Å²) >= 11 is 0. The van der Waals surface area contributed by atoms with Crippen molar-refractivity contribution < 1.29 is 22.4 Å². The molecule has 1 aliphatic carbocycles. The Morgan fingerprint density at radius 2 is 1.57 bits per heavy atom. The molecule has 40 heavy (non-hydrogen) atoms. The van der Waals surface area contributed by atoms with Crippen LogP contribution < -0.4 is 10.0 Å². The molecule has 4 rings (SSSR count). The second kappa shape index (κ2) is 13.7. The van der Waals surface area contributed by atoms with E-state index in [1.807, 2.05) is 37.3 Å². The van der Waals surface area contributed by atoms with Crippen LogP contribution in [0.2, 0.25) is 0 Å². The molecule has 0 bridgehead atoms. The van der Waals surface area contributed by atoms with Crippen LogP contribution in [0.4, 0.5) is 4.39 Å². The van der Waals surface area contributed by atoms with Crippen LogP contribution in [0.15, 0.2) is 83.8 Å². The second-order valence-corrected chi connectivity index (χ2v) is 11.9. The van der Waals surface area contributed by atoms with Crippen LogP contribution in [-0.2, 0) is 39.0 Å². The minimum absolute atomic E-state index is 0.0211. The van der Waals surface area contributed by atoms with Crippen molar-refractivity contribution in [2.24, 2.45) is 0 Å². The predicted molar refractivity (Wildman–Crippen MR) is 152 cm³/mol. The highest BCUT2D eigenvalue weighted by atomic mass is 32.2. The summed E-state index contributed by atoms with van der Waals surface area (Å²) in [4.78, 5) is 28.8. The number of halogens is 1. The minimum atomic E-state index is -3.55. The summed E-state index contributed by atoms with van der Waals surface area (Å²) in [5, 5.41) is 2.94. The van der Waals surface area contributed by atoms with Gasteiger partial charge in [-0.25, -0.2) is 17.5 Å². The highest BCUT2D eigenvalue weighted by Gasteiger charge is 2.30. The van der Waals surface area contributed by atoms with Gasteiger partial charge in [0.15, 0.2) is 0 Å². The molecule has 0 heterocycles. The number of aryl methyl sites for hydroxylation is 1. The Bertz CT molecular complexity index is 1380. The largest absolute Gasteiger partial charge is 0.354 e. The van der Waals surface area contributed by atoms with Gasteiger partial charge < -0.3 is 10.2 Å². The fraction of sp³-hybridized carbons (Fsp3) is 0.355. The lowest BCUT2D eigenvalue weighted by Crippen LogP contribution is -2.50. The lowest BCUT2D eigenvalue weighted by Gasteiger charge is -2.31. The average molecular weight is 566 g/mol. The van der Waals surface area contributed by atoms with E-state index in [9.17, 15) is 22.4 Å². The van der Waals surface area contributed by atoms with Crippen molar-refractivity contribution >= 4 is 21.8 Å². The number of nitrogens with zero attached hydrogens (tertiary/aromatic N) is 1. The first kappa shape index (κ1) is 29.4. The first-order valence-electron chi connectivity index (χ1n) is 13.7. The highest BCUT2D eigenvalue weighted by molar-refractivity contribution is 7.89. The minimum Gasteiger partial charge on any atom is -0.354 e. The Kier molecular flexibility index (Phi) is 10.1. The van der Waals surface area contributed by atoms with Gasteiger partial charge in [-0.2, -0.15) is 0 Å². The Labute approximate surface area is 235 Å². The van der Waals surface area contributed by atoms with Crippen LogP contribution in [0.1, 0.15) is 49.3 Å². The lowest BCUT2D eigenvalue weighted by atomic mass is 10.0. The van der Waals surface area contributed by atoms with Crippen molar-refractivity contribution in [3.05, 3.63) is 101 Å². The van der Waals surface area contributed by atoms with Gasteiger partial charge in [0.2, 0.25) is 21.8 Å². The zero-order valence-electron chi connectivity index (χ0n) is 22.7. The van der Waals surface area contributed by atoms with E-state index >= 15 is 0 Å². The molecule has 0 spiro atoms. The Morgan fingerprint density at radius 1 is 0.925 bits per heavy atom. The van der Waals surface area contributed by atoms with Gasteiger partial charge in [0.25, 0.3) is 0 Å². The molecule has 0 saturated heterocycles. The van der Waals surface area contributed by atoms with Crippen molar-refractivity contribution in [3.8, 4) is 0 Å². The molecule has 1 saturated carbocycles. The number of nitrogens with one attached hydrogen (secondary N) is 2. The van der Waals surface area contributed by atoms with E-state index in [4.69, 9.17) is 0 Å². The summed E-state index contributed by atoms with van der Waals surface area (Å²) in [6.07, 6.45) is 3.32. The van der Waals surface area contributed by atoms with E-state index in [2.05, 4.69) is 10.0 Å². The molecule has 2 amide bonds. The van der Waals surface area contributed by atoms with Crippen LogP contribution in [0.25, 0.3) is 0 Å². The summed E-state index contributed by atoms with van der Waals surface area (Å²) < 4.78 is 41.2. The van der Waals surface area contributed by atoms with Crippen LogP contribution in [-0.4, -0.2) is 43.8 Å². The van der Waals surface area contributed by atoms with Gasteiger partial charge in [-0.1, -0.05) is 61.5 Å². The van der Waals surface area contributed by atoms with E-state index < -0.39 is 16.1 Å². The fourth-order valence-corrected chi connectivity index (χ4v) is 5.73. The summed E-state index contributed by atoms with van der Waals surface area (Å²) in [5.74, 6) is -0.830. The Balaban J connectivity index is 1.53. The summed E-state index contributed by atoms with van der Waals surface area (Å²) in [6, 6.07) is 21.3. The third-order valence-electron chi connectivity index (χ3n) is 6.85. The SMILES string of the molecule is CCCNC(=O)C(Cc1ccccc1)N(Cc1ccc(F)cc1)C(=O)CCc1ccc(S(=O)(=O)NC2CC2)cc1. The van der Waals surface area contributed by atoms with Crippen molar-refractivity contribution in [1.82, 2.24) is 14.9 Å². The number of carbonyl (C=O) groups excluding carboxylic acids is 2. The Hall–Kier alpha value is -3.56. The summed E-state index contributed by atoms with van der Waals surface area (Å²) in [7, 11) is -3.55. The van der Waals surface area contributed by atoms with E-state index in [-0.39, 0.29) is 41.5 Å². The van der Waals surface area contributed by atoms with E-state index in [0.29, 0.717) is 24.9 Å². The van der Waals surface area contributed by atoms with E-state index in [1.165, 1.54) is 12.1 Å². The van der Waals surface area contributed by atoms with Crippen LogP contribution in [0.5, 0.6) is 0 Å². The summed E-state index contributed by atoms with van der Waals surface area (Å²) in [6.45, 7) is 2.61. The van der Waals surface area contributed by atoms with Crippen molar-refractivity contribution in [2.75, 3.05) is 6.54 Å². The van der Waals surface area contributed by atoms with Gasteiger partial charge in [0.1, 0.15) is 11.9 Å². The maximum atomic E-state index is 13.7.